The Kier molecular flexibility index (Phi) is 9.93. The molecular formula is C23H26N2O5. The van der Waals surface area contributed by atoms with Crippen molar-refractivity contribution in [2.45, 2.75) is 32.7 Å². The van der Waals surface area contributed by atoms with Gasteiger partial charge in [-0.2, -0.15) is 5.26 Å². The number of carbonyl (C=O) groups is 3. The molecule has 158 valence electrons. The summed E-state index contributed by atoms with van der Waals surface area (Å²) in [5.41, 5.74) is -0.741. The number of benzene rings is 2. The Morgan fingerprint density at radius 1 is 1.03 bits per heavy atom. The first-order chi connectivity index (χ1) is 14.3. The van der Waals surface area contributed by atoms with Crippen molar-refractivity contribution in [3.63, 3.8) is 0 Å². The number of amides is 1. The molecule has 30 heavy (non-hydrogen) atoms. The van der Waals surface area contributed by atoms with Gasteiger partial charge in [0.25, 0.3) is 0 Å². The number of rotatable bonds is 8. The van der Waals surface area contributed by atoms with Crippen LogP contribution in [-0.2, 0) is 20.7 Å². The van der Waals surface area contributed by atoms with Crippen LogP contribution in [-0.4, -0.2) is 41.5 Å². The summed E-state index contributed by atoms with van der Waals surface area (Å²) in [6.07, 6.45) is -0.256. The number of hydrogen-bond donors (Lipinski definition) is 2. The maximum atomic E-state index is 12.5. The fourth-order valence-electron chi connectivity index (χ4n) is 2.68. The number of nitrogens with one attached hydrogen (secondary N) is 1. The summed E-state index contributed by atoms with van der Waals surface area (Å²) in [7, 11) is 0. The molecule has 0 aliphatic rings. The summed E-state index contributed by atoms with van der Waals surface area (Å²) in [5, 5.41) is 20.9. The molecule has 0 aliphatic carbocycles. The molecular weight excluding hydrogens is 384 g/mol. The van der Waals surface area contributed by atoms with Crippen molar-refractivity contribution in [3.05, 3.63) is 71.3 Å². The zero-order valence-electron chi connectivity index (χ0n) is 17.3. The van der Waals surface area contributed by atoms with Crippen molar-refractivity contribution in [1.29, 1.82) is 5.26 Å². The molecule has 0 fully saturated rings. The van der Waals surface area contributed by atoms with Gasteiger partial charge in [0.05, 0.1) is 0 Å². The Balaban J connectivity index is 0.000000804. The van der Waals surface area contributed by atoms with Gasteiger partial charge in [-0.25, -0.2) is 4.79 Å². The summed E-state index contributed by atoms with van der Waals surface area (Å²) in [6.45, 7) is 6.81. The maximum absolute atomic E-state index is 12.5. The summed E-state index contributed by atoms with van der Waals surface area (Å²) in [4.78, 5) is 35.3. The van der Waals surface area contributed by atoms with Crippen LogP contribution in [0.1, 0.15) is 42.3 Å². The van der Waals surface area contributed by atoms with E-state index in [1.807, 2.05) is 13.8 Å². The molecule has 7 nitrogen and oxygen atoms in total. The standard InChI is InChI=1S/C19H16N2O4.C4H10O/c1-13(22)21-19(12-20,18(24)25)11-14-6-5-9-16(10-14)17(23)15-7-3-2-4-8-15;1-3-5-4-2/h2-10H,11H2,1H3,(H,21,22)(H,24,25);3-4H2,1-2H3/t19-;/m0./s1. The topological polar surface area (TPSA) is 116 Å². The first-order valence-electron chi connectivity index (χ1n) is 9.49. The van der Waals surface area contributed by atoms with Gasteiger partial charge in [-0.05, 0) is 25.5 Å². The second kappa shape index (κ2) is 12.1. The van der Waals surface area contributed by atoms with Crippen LogP contribution in [0.3, 0.4) is 0 Å². The fourth-order valence-corrected chi connectivity index (χ4v) is 2.68. The van der Waals surface area contributed by atoms with Gasteiger partial charge < -0.3 is 15.2 Å². The maximum Gasteiger partial charge on any atom is 0.344 e. The minimum Gasteiger partial charge on any atom is -0.479 e. The predicted molar refractivity (Wildman–Crippen MR) is 112 cm³/mol. The van der Waals surface area contributed by atoms with Gasteiger partial charge in [-0.1, -0.05) is 48.5 Å². The molecule has 0 heterocycles. The van der Waals surface area contributed by atoms with E-state index in [0.29, 0.717) is 16.7 Å². The zero-order chi connectivity index (χ0) is 22.6. The Morgan fingerprint density at radius 2 is 1.63 bits per heavy atom. The minimum absolute atomic E-state index is 0.208. The molecule has 1 amide bonds. The second-order valence-corrected chi connectivity index (χ2v) is 6.36. The second-order valence-electron chi connectivity index (χ2n) is 6.36. The first-order valence-corrected chi connectivity index (χ1v) is 9.49. The van der Waals surface area contributed by atoms with Crippen LogP contribution in [0.25, 0.3) is 0 Å². The van der Waals surface area contributed by atoms with Gasteiger partial charge in [-0.15, -0.1) is 0 Å². The predicted octanol–water partition coefficient (Wildman–Crippen LogP) is 2.99. The van der Waals surface area contributed by atoms with Crippen molar-refractivity contribution < 1.29 is 24.2 Å². The average molecular weight is 410 g/mol. The number of carboxylic acids is 1. The third-order valence-corrected chi connectivity index (χ3v) is 4.05. The third-order valence-electron chi connectivity index (χ3n) is 4.05. The van der Waals surface area contributed by atoms with E-state index in [1.54, 1.807) is 54.6 Å². The van der Waals surface area contributed by atoms with Crippen LogP contribution in [0.5, 0.6) is 0 Å². The van der Waals surface area contributed by atoms with E-state index in [4.69, 9.17) is 4.74 Å². The van der Waals surface area contributed by atoms with Crippen LogP contribution < -0.4 is 5.32 Å². The van der Waals surface area contributed by atoms with Gasteiger partial charge in [-0.3, -0.25) is 9.59 Å². The molecule has 0 unspecified atom stereocenters. The lowest BCUT2D eigenvalue weighted by molar-refractivity contribution is -0.144. The molecule has 0 spiro atoms. The van der Waals surface area contributed by atoms with Crippen LogP contribution in [0.2, 0.25) is 0 Å². The van der Waals surface area contributed by atoms with Crippen molar-refractivity contribution in [2.24, 2.45) is 0 Å². The fraction of sp³-hybridized carbons (Fsp3) is 0.304. The first kappa shape index (κ1) is 24.5. The van der Waals surface area contributed by atoms with Crippen LogP contribution in [0.4, 0.5) is 0 Å². The normalized spacial score (nSPS) is 11.8. The van der Waals surface area contributed by atoms with Gasteiger partial charge in [0.15, 0.2) is 5.78 Å². The Labute approximate surface area is 176 Å². The lowest BCUT2D eigenvalue weighted by atomic mass is 9.90. The molecule has 2 aromatic rings. The molecule has 0 saturated heterocycles. The summed E-state index contributed by atoms with van der Waals surface area (Å²) in [6, 6.07) is 16.7. The SMILES string of the molecule is CC(=O)N[C@](C#N)(Cc1cccc(C(=O)c2ccccc2)c1)C(=O)O.CCOCC. The van der Waals surface area contributed by atoms with Gasteiger partial charge >= 0.3 is 5.97 Å². The average Bonchev–Trinajstić information content (AvgIpc) is 2.74. The number of aliphatic carboxylic acids is 1. The van der Waals surface area contributed by atoms with Crippen LogP contribution in [0, 0.1) is 11.3 Å². The van der Waals surface area contributed by atoms with E-state index in [2.05, 4.69) is 5.32 Å². The smallest absolute Gasteiger partial charge is 0.344 e. The molecule has 7 heteroatoms. The largest absolute Gasteiger partial charge is 0.479 e. The van der Waals surface area contributed by atoms with Crippen molar-refractivity contribution in [1.82, 2.24) is 5.32 Å². The Morgan fingerprint density at radius 3 is 2.10 bits per heavy atom. The van der Waals surface area contributed by atoms with E-state index < -0.39 is 17.4 Å². The highest BCUT2D eigenvalue weighted by atomic mass is 16.5. The van der Waals surface area contributed by atoms with Crippen LogP contribution in [0.15, 0.2) is 54.6 Å². The van der Waals surface area contributed by atoms with E-state index in [9.17, 15) is 24.8 Å². The number of ketones is 1. The van der Waals surface area contributed by atoms with Crippen molar-refractivity contribution in [3.8, 4) is 6.07 Å². The quantitative estimate of drug-likeness (QED) is 0.646. The number of nitrogens with zero attached hydrogens (tertiary/aromatic N) is 1. The molecule has 0 aromatic heterocycles. The zero-order valence-corrected chi connectivity index (χ0v) is 17.3. The third kappa shape index (κ3) is 7.15. The lowest BCUT2D eigenvalue weighted by Gasteiger charge is -2.22. The van der Waals surface area contributed by atoms with E-state index in [1.165, 1.54) is 6.07 Å². The number of carboxylic acid groups (broad SMARTS) is 1. The summed E-state index contributed by atoms with van der Waals surface area (Å²) in [5.74, 6) is -2.29. The molecule has 0 aliphatic heterocycles. The molecule has 2 aromatic carbocycles. The molecule has 0 radical (unpaired) electrons. The number of ether oxygens (including phenoxy) is 1. The Bertz CT molecular complexity index is 903. The van der Waals surface area contributed by atoms with E-state index in [0.717, 1.165) is 20.1 Å². The number of nitriles is 1. The Hall–Kier alpha value is -3.50. The minimum atomic E-state index is -2.08. The summed E-state index contributed by atoms with van der Waals surface area (Å²) < 4.78 is 4.83. The van der Waals surface area contributed by atoms with Gasteiger partial charge in [0.2, 0.25) is 11.4 Å². The van der Waals surface area contributed by atoms with Crippen molar-refractivity contribution >= 4 is 17.7 Å². The molecule has 2 N–H and O–H groups in total. The molecule has 1 atom stereocenters. The highest BCUT2D eigenvalue weighted by Crippen LogP contribution is 2.17. The van der Waals surface area contributed by atoms with Crippen molar-refractivity contribution in [2.75, 3.05) is 13.2 Å². The number of carbonyl (C=O) groups excluding carboxylic acids is 2. The lowest BCUT2D eigenvalue weighted by Crippen LogP contribution is -2.54. The van der Waals surface area contributed by atoms with Gasteiger partial charge in [0.1, 0.15) is 6.07 Å². The highest BCUT2D eigenvalue weighted by Gasteiger charge is 2.40. The van der Waals surface area contributed by atoms with E-state index >= 15 is 0 Å². The summed E-state index contributed by atoms with van der Waals surface area (Å²) >= 11 is 0. The van der Waals surface area contributed by atoms with Gasteiger partial charge in [0, 0.05) is 37.7 Å². The molecule has 0 saturated carbocycles. The number of hydrogen-bond acceptors (Lipinski definition) is 5. The molecule has 2 rings (SSSR count). The van der Waals surface area contributed by atoms with Crippen LogP contribution >= 0.6 is 0 Å². The molecule has 0 bridgehead atoms. The highest BCUT2D eigenvalue weighted by molar-refractivity contribution is 6.09. The van der Waals surface area contributed by atoms with E-state index in [-0.39, 0.29) is 12.2 Å². The monoisotopic (exact) mass is 410 g/mol.